The molecule has 3 N–H and O–H groups in total. The van der Waals surface area contributed by atoms with Gasteiger partial charge in [-0.05, 0) is 57.5 Å². The first-order valence-electron chi connectivity index (χ1n) is 11.9. The minimum atomic E-state index is -1.53. The van der Waals surface area contributed by atoms with E-state index < -0.39 is 7.12 Å². The molecule has 0 aliphatic carbocycles. The molecule has 0 aromatic heterocycles. The Morgan fingerprint density at radius 3 is 2.14 bits per heavy atom. The van der Waals surface area contributed by atoms with Crippen molar-refractivity contribution < 1.29 is 14.8 Å². The van der Waals surface area contributed by atoms with Crippen molar-refractivity contribution in [2.45, 2.75) is 26.4 Å². The van der Waals surface area contributed by atoms with Crippen molar-refractivity contribution in [3.8, 4) is 0 Å². The summed E-state index contributed by atoms with van der Waals surface area (Å²) >= 11 is 0. The minimum absolute atomic E-state index is 0.134. The normalized spacial score (nSPS) is 11.2. The van der Waals surface area contributed by atoms with Crippen molar-refractivity contribution in [3.63, 3.8) is 0 Å². The van der Waals surface area contributed by atoms with Crippen LogP contribution in [-0.2, 0) is 17.9 Å². The summed E-state index contributed by atoms with van der Waals surface area (Å²) in [6.07, 6.45) is 0.756. The number of fused-ring (bicyclic) bond motifs is 2. The van der Waals surface area contributed by atoms with Gasteiger partial charge in [0.15, 0.2) is 0 Å². The Labute approximate surface area is 206 Å². The average molecular weight is 466 g/mol. The van der Waals surface area contributed by atoms with E-state index in [0.29, 0.717) is 30.7 Å². The number of carbonyl (C=O) groups excluding carboxylic acids is 1. The van der Waals surface area contributed by atoms with Crippen LogP contribution >= 0.6 is 0 Å². The van der Waals surface area contributed by atoms with Gasteiger partial charge in [-0.2, -0.15) is 0 Å². The highest BCUT2D eigenvalue weighted by atomic mass is 16.4. The summed E-state index contributed by atoms with van der Waals surface area (Å²) in [6.45, 7) is 7.91. The molecule has 0 spiro atoms. The molecule has 0 aliphatic rings. The predicted molar refractivity (Wildman–Crippen MR) is 144 cm³/mol. The van der Waals surface area contributed by atoms with Crippen LogP contribution in [-0.4, -0.2) is 41.1 Å². The third kappa shape index (κ3) is 5.98. The summed E-state index contributed by atoms with van der Waals surface area (Å²) in [5, 5.41) is 27.5. The molecule has 0 aliphatic heterocycles. The standard InChI is InChI=1S/C29H31BN2O3/c1-21(2)29(33)31-16-9-17-32(19-24-12-5-8-15-28(24)30(34)35)20-27-25-13-6-3-10-22(25)18-23-11-4-7-14-26(23)27/h3-8,10-15,18,34-35H,1,9,16-17,19-20H2,2H3,(H,31,33). The van der Waals surface area contributed by atoms with Crippen LogP contribution in [0.1, 0.15) is 24.5 Å². The summed E-state index contributed by atoms with van der Waals surface area (Å²) in [4.78, 5) is 14.2. The molecule has 35 heavy (non-hydrogen) atoms. The van der Waals surface area contributed by atoms with E-state index in [0.717, 1.165) is 18.5 Å². The molecule has 178 valence electrons. The van der Waals surface area contributed by atoms with Gasteiger partial charge in [-0.15, -0.1) is 0 Å². The third-order valence-electron chi connectivity index (χ3n) is 6.32. The Morgan fingerprint density at radius 1 is 0.914 bits per heavy atom. The fraction of sp³-hybridized carbons (Fsp3) is 0.207. The summed E-state index contributed by atoms with van der Waals surface area (Å²) in [5.41, 5.74) is 3.12. The van der Waals surface area contributed by atoms with Crippen molar-refractivity contribution in [3.05, 3.63) is 102 Å². The summed E-state index contributed by atoms with van der Waals surface area (Å²) in [6, 6.07) is 26.5. The van der Waals surface area contributed by atoms with E-state index in [1.54, 1.807) is 13.0 Å². The highest BCUT2D eigenvalue weighted by Crippen LogP contribution is 2.30. The van der Waals surface area contributed by atoms with Gasteiger partial charge in [0.2, 0.25) is 5.91 Å². The van der Waals surface area contributed by atoms with Gasteiger partial charge in [0.05, 0.1) is 0 Å². The summed E-state index contributed by atoms with van der Waals surface area (Å²) in [5.74, 6) is -0.134. The molecule has 0 unspecified atom stereocenters. The van der Waals surface area contributed by atoms with Gasteiger partial charge < -0.3 is 15.4 Å². The van der Waals surface area contributed by atoms with Crippen LogP contribution in [0.15, 0.2) is 91.0 Å². The lowest BCUT2D eigenvalue weighted by Gasteiger charge is -2.25. The van der Waals surface area contributed by atoms with E-state index in [4.69, 9.17) is 0 Å². The van der Waals surface area contributed by atoms with Gasteiger partial charge in [0, 0.05) is 31.8 Å². The topological polar surface area (TPSA) is 72.8 Å². The maximum absolute atomic E-state index is 11.9. The molecule has 0 bridgehead atoms. The number of nitrogens with one attached hydrogen (secondary N) is 1. The Bertz CT molecular complexity index is 1300. The van der Waals surface area contributed by atoms with E-state index in [1.165, 1.54) is 27.1 Å². The number of benzene rings is 4. The van der Waals surface area contributed by atoms with E-state index in [1.807, 2.05) is 18.2 Å². The third-order valence-corrected chi connectivity index (χ3v) is 6.32. The van der Waals surface area contributed by atoms with E-state index in [-0.39, 0.29) is 5.91 Å². The fourth-order valence-corrected chi connectivity index (χ4v) is 4.54. The largest absolute Gasteiger partial charge is 0.488 e. The Morgan fingerprint density at radius 2 is 1.51 bits per heavy atom. The van der Waals surface area contributed by atoms with Gasteiger partial charge in [-0.3, -0.25) is 9.69 Å². The molecule has 0 saturated heterocycles. The highest BCUT2D eigenvalue weighted by molar-refractivity contribution is 6.59. The maximum Gasteiger partial charge on any atom is 0.488 e. The number of nitrogens with zero attached hydrogens (tertiary/aromatic N) is 1. The number of carbonyl (C=O) groups is 1. The zero-order valence-electron chi connectivity index (χ0n) is 20.1. The lowest BCUT2D eigenvalue weighted by Crippen LogP contribution is -2.36. The average Bonchev–Trinajstić information content (AvgIpc) is 2.86. The van der Waals surface area contributed by atoms with E-state index >= 15 is 0 Å². The predicted octanol–water partition coefficient (Wildman–Crippen LogP) is 3.76. The first kappa shape index (κ1) is 24.7. The molecule has 4 rings (SSSR count). The Balaban J connectivity index is 1.66. The molecule has 4 aromatic rings. The van der Waals surface area contributed by atoms with E-state index in [2.05, 4.69) is 71.4 Å². The van der Waals surface area contributed by atoms with Crippen LogP contribution in [0.25, 0.3) is 21.5 Å². The summed E-state index contributed by atoms with van der Waals surface area (Å²) < 4.78 is 0. The van der Waals surface area contributed by atoms with Crippen LogP contribution in [0.3, 0.4) is 0 Å². The molecular weight excluding hydrogens is 435 g/mol. The molecule has 0 heterocycles. The van der Waals surface area contributed by atoms with Crippen molar-refractivity contribution in [1.29, 1.82) is 0 Å². The second kappa shape index (κ2) is 11.3. The molecule has 1 amide bonds. The smallest absolute Gasteiger partial charge is 0.423 e. The zero-order valence-corrected chi connectivity index (χ0v) is 20.1. The van der Waals surface area contributed by atoms with Crippen LogP contribution in [0, 0.1) is 0 Å². The first-order chi connectivity index (χ1) is 16.9. The van der Waals surface area contributed by atoms with Gasteiger partial charge in [-0.25, -0.2) is 0 Å². The second-order valence-electron chi connectivity index (χ2n) is 8.97. The number of amides is 1. The Kier molecular flexibility index (Phi) is 7.98. The second-order valence-corrected chi connectivity index (χ2v) is 8.97. The quantitative estimate of drug-likeness (QED) is 0.144. The highest BCUT2D eigenvalue weighted by Gasteiger charge is 2.19. The lowest BCUT2D eigenvalue weighted by atomic mass is 9.77. The lowest BCUT2D eigenvalue weighted by molar-refractivity contribution is -0.117. The molecule has 5 nitrogen and oxygen atoms in total. The van der Waals surface area contributed by atoms with Crippen LogP contribution in [0.2, 0.25) is 0 Å². The molecule has 0 fully saturated rings. The molecule has 0 radical (unpaired) electrons. The molecular formula is C29H31BN2O3. The SMILES string of the molecule is C=C(C)C(=O)NCCCN(Cc1ccccc1B(O)O)Cc1c2ccccc2cc2ccccc12. The van der Waals surface area contributed by atoms with Gasteiger partial charge in [-0.1, -0.05) is 79.4 Å². The monoisotopic (exact) mass is 466 g/mol. The summed E-state index contributed by atoms with van der Waals surface area (Å²) in [7, 11) is -1.53. The van der Waals surface area contributed by atoms with Crippen LogP contribution < -0.4 is 10.8 Å². The zero-order chi connectivity index (χ0) is 24.8. The molecule has 4 aromatic carbocycles. The minimum Gasteiger partial charge on any atom is -0.423 e. The molecule has 0 saturated carbocycles. The van der Waals surface area contributed by atoms with Crippen molar-refractivity contribution in [2.75, 3.05) is 13.1 Å². The molecule has 6 heteroatoms. The van der Waals surface area contributed by atoms with Crippen LogP contribution in [0.4, 0.5) is 0 Å². The van der Waals surface area contributed by atoms with Crippen molar-refractivity contribution in [1.82, 2.24) is 10.2 Å². The van der Waals surface area contributed by atoms with Crippen molar-refractivity contribution >= 4 is 40.0 Å². The van der Waals surface area contributed by atoms with Gasteiger partial charge in [0.1, 0.15) is 0 Å². The van der Waals surface area contributed by atoms with Gasteiger partial charge >= 0.3 is 7.12 Å². The first-order valence-corrected chi connectivity index (χ1v) is 11.9. The number of hydrogen-bond acceptors (Lipinski definition) is 4. The Hall–Kier alpha value is -3.45. The number of hydrogen-bond donors (Lipinski definition) is 3. The van der Waals surface area contributed by atoms with Gasteiger partial charge in [0.25, 0.3) is 0 Å². The van der Waals surface area contributed by atoms with Crippen molar-refractivity contribution in [2.24, 2.45) is 0 Å². The van der Waals surface area contributed by atoms with Crippen LogP contribution in [0.5, 0.6) is 0 Å². The maximum atomic E-state index is 11.9. The fourth-order valence-electron chi connectivity index (χ4n) is 4.54. The molecule has 0 atom stereocenters. The van der Waals surface area contributed by atoms with E-state index in [9.17, 15) is 14.8 Å². The number of rotatable bonds is 10.